The van der Waals surface area contributed by atoms with Crippen molar-refractivity contribution >= 4 is 35.0 Å². The molecule has 4 aromatic carbocycles. The second-order valence-corrected chi connectivity index (χ2v) is 13.1. The summed E-state index contributed by atoms with van der Waals surface area (Å²) in [4.78, 5) is 32.8. The van der Waals surface area contributed by atoms with Gasteiger partial charge in [-0.05, 0) is 79.1 Å². The van der Waals surface area contributed by atoms with E-state index in [0.717, 1.165) is 33.8 Å². The Balaban J connectivity index is 1.47. The first kappa shape index (κ1) is 33.8. The maximum Gasteiger partial charge on any atom is 0.337 e. The third-order valence-electron chi connectivity index (χ3n) is 8.53. The first-order valence-corrected chi connectivity index (χ1v) is 17.7. The fraction of sp³-hybridized carbons (Fsp3) is 0.146. The fourth-order valence-corrected chi connectivity index (χ4v) is 7.43. The Morgan fingerprint density at radius 3 is 2.20 bits per heavy atom. The second kappa shape index (κ2) is 14.7. The lowest BCUT2D eigenvalue weighted by Crippen LogP contribution is -2.39. The van der Waals surface area contributed by atoms with E-state index in [4.69, 9.17) is 25.8 Å². The predicted molar refractivity (Wildman–Crippen MR) is 202 cm³/mol. The van der Waals surface area contributed by atoms with Crippen LogP contribution in [0.25, 0.3) is 34.3 Å². The van der Waals surface area contributed by atoms with Gasteiger partial charge in [0.15, 0.2) is 16.3 Å². The van der Waals surface area contributed by atoms with Crippen molar-refractivity contribution in [3.63, 3.8) is 0 Å². The van der Waals surface area contributed by atoms with Gasteiger partial charge in [-0.25, -0.2) is 9.79 Å². The summed E-state index contributed by atoms with van der Waals surface area (Å²) < 4.78 is 21.1. The summed E-state index contributed by atoms with van der Waals surface area (Å²) in [5, 5.41) is 0.636. The Morgan fingerprint density at radius 1 is 0.863 bits per heavy atom. The van der Waals surface area contributed by atoms with E-state index in [0.29, 0.717) is 44.6 Å². The number of benzene rings is 4. The van der Waals surface area contributed by atoms with Crippen LogP contribution in [-0.2, 0) is 9.53 Å². The van der Waals surface area contributed by atoms with Crippen LogP contribution in [0.15, 0.2) is 131 Å². The number of esters is 1. The Hall–Kier alpha value is -5.64. The average Bonchev–Trinajstić information content (AvgIpc) is 3.70. The average molecular weight is 716 g/mol. The summed E-state index contributed by atoms with van der Waals surface area (Å²) in [6.07, 6.45) is 3.40. The van der Waals surface area contributed by atoms with Crippen molar-refractivity contribution in [2.75, 3.05) is 20.3 Å². The Morgan fingerprint density at radius 2 is 1.53 bits per heavy atom. The van der Waals surface area contributed by atoms with Crippen LogP contribution in [0.2, 0.25) is 5.02 Å². The van der Waals surface area contributed by atoms with Crippen molar-refractivity contribution in [1.82, 2.24) is 9.13 Å². The molecule has 7 rings (SSSR count). The number of nitrogens with zero attached hydrogens (tertiary/aromatic N) is 3. The number of aromatic nitrogens is 2. The van der Waals surface area contributed by atoms with Crippen LogP contribution in [0, 0.1) is 0 Å². The van der Waals surface area contributed by atoms with Crippen LogP contribution in [0.3, 0.4) is 0 Å². The maximum atomic E-state index is 14.6. The van der Waals surface area contributed by atoms with Crippen LogP contribution >= 0.6 is 22.9 Å². The van der Waals surface area contributed by atoms with E-state index >= 15 is 0 Å². The van der Waals surface area contributed by atoms with Gasteiger partial charge in [-0.3, -0.25) is 9.36 Å². The number of ether oxygens (including phenoxy) is 3. The zero-order valence-corrected chi connectivity index (χ0v) is 29.8. The Bertz CT molecular complexity index is 2430. The molecule has 0 saturated carbocycles. The van der Waals surface area contributed by atoms with Crippen molar-refractivity contribution < 1.29 is 19.0 Å². The highest BCUT2D eigenvalue weighted by molar-refractivity contribution is 7.07. The van der Waals surface area contributed by atoms with Crippen molar-refractivity contribution in [3.05, 3.63) is 157 Å². The van der Waals surface area contributed by atoms with Gasteiger partial charge in [-0.15, -0.1) is 0 Å². The van der Waals surface area contributed by atoms with E-state index in [2.05, 4.69) is 39.9 Å². The third-order valence-corrected chi connectivity index (χ3v) is 9.78. The molecule has 0 fully saturated rings. The van der Waals surface area contributed by atoms with E-state index < -0.39 is 12.0 Å². The maximum absolute atomic E-state index is 14.6. The summed E-state index contributed by atoms with van der Waals surface area (Å²) in [7, 11) is 1.32. The number of fused-ring (bicyclic) bond motifs is 1. The van der Waals surface area contributed by atoms with Crippen LogP contribution in [-0.4, -0.2) is 35.4 Å². The lowest BCUT2D eigenvalue weighted by molar-refractivity contribution is -0.136. The minimum absolute atomic E-state index is 0.230. The Labute approximate surface area is 303 Å². The van der Waals surface area contributed by atoms with E-state index in [1.807, 2.05) is 92.7 Å². The van der Waals surface area contributed by atoms with Gasteiger partial charge in [0.25, 0.3) is 5.56 Å². The van der Waals surface area contributed by atoms with Gasteiger partial charge in [0.2, 0.25) is 0 Å². The molecule has 0 saturated heterocycles. The van der Waals surface area contributed by atoms with Gasteiger partial charge in [0.1, 0.15) is 0 Å². The summed E-state index contributed by atoms with van der Waals surface area (Å²) in [6, 6.07) is 34.7. The molecule has 1 aliphatic heterocycles. The number of hydrogen-bond donors (Lipinski definition) is 0. The van der Waals surface area contributed by atoms with Crippen molar-refractivity contribution in [3.8, 4) is 39.7 Å². The molecule has 0 spiro atoms. The van der Waals surface area contributed by atoms with Crippen molar-refractivity contribution in [2.45, 2.75) is 19.9 Å². The van der Waals surface area contributed by atoms with E-state index in [9.17, 15) is 9.59 Å². The number of hydrogen-bond acceptors (Lipinski definition) is 7. The van der Waals surface area contributed by atoms with Crippen LogP contribution in [0.4, 0.5) is 0 Å². The zero-order chi connectivity index (χ0) is 35.5. The van der Waals surface area contributed by atoms with Gasteiger partial charge in [0.05, 0.1) is 47.9 Å². The lowest BCUT2D eigenvalue weighted by atomic mass is 9.97. The predicted octanol–water partition coefficient (Wildman–Crippen LogP) is 7.59. The molecule has 0 unspecified atom stereocenters. The number of carbonyl (C=O) groups is 1. The molecule has 1 aliphatic rings. The molecular formula is C41H34ClN3O5S. The molecule has 1 atom stereocenters. The van der Waals surface area contributed by atoms with Crippen LogP contribution in [0.1, 0.15) is 31.0 Å². The van der Waals surface area contributed by atoms with Crippen molar-refractivity contribution in [2.24, 2.45) is 4.99 Å². The third kappa shape index (κ3) is 6.54. The minimum atomic E-state index is -0.808. The number of rotatable bonds is 10. The first-order valence-electron chi connectivity index (χ1n) is 16.5. The molecule has 0 amide bonds. The monoisotopic (exact) mass is 715 g/mol. The van der Waals surface area contributed by atoms with Gasteiger partial charge < -0.3 is 18.8 Å². The molecule has 0 N–H and O–H groups in total. The molecule has 51 heavy (non-hydrogen) atoms. The van der Waals surface area contributed by atoms with E-state index in [1.165, 1.54) is 24.6 Å². The molecule has 8 nitrogen and oxygen atoms in total. The van der Waals surface area contributed by atoms with Gasteiger partial charge >= 0.3 is 5.97 Å². The van der Waals surface area contributed by atoms with Gasteiger partial charge in [0, 0.05) is 22.5 Å². The molecule has 0 aliphatic carbocycles. The molecule has 2 aromatic heterocycles. The van der Waals surface area contributed by atoms with Crippen molar-refractivity contribution in [1.29, 1.82) is 0 Å². The fourth-order valence-electron chi connectivity index (χ4n) is 6.34. The molecular weight excluding hydrogens is 682 g/mol. The molecule has 0 radical (unpaired) electrons. The number of methoxy groups -OCH3 is 1. The zero-order valence-electron chi connectivity index (χ0n) is 28.2. The van der Waals surface area contributed by atoms with Crippen LogP contribution < -0.4 is 24.4 Å². The quantitative estimate of drug-likeness (QED) is 0.137. The summed E-state index contributed by atoms with van der Waals surface area (Å²) in [5.41, 5.74) is 6.18. The van der Waals surface area contributed by atoms with Gasteiger partial charge in [-0.2, -0.15) is 0 Å². The first-order chi connectivity index (χ1) is 24.9. The SMILES string of the molecule is CCOc1ccc([C@H]2C(C(=O)OC)=CN=c3s/c(=C/c4cc(-c5ccccc5)n(-c5ccc(Cl)cc5)c4-c4ccccc4)c(=O)n32)cc1OCC. The summed E-state index contributed by atoms with van der Waals surface area (Å²) in [5.74, 6) is 0.514. The molecule has 256 valence electrons. The lowest BCUT2D eigenvalue weighted by Gasteiger charge is -2.23. The molecule has 0 bridgehead atoms. The molecule has 3 heterocycles. The molecule has 10 heteroatoms. The van der Waals surface area contributed by atoms with Gasteiger partial charge in [-0.1, -0.05) is 89.7 Å². The number of halogens is 1. The normalized spacial score (nSPS) is 14.0. The number of thiazole rings is 1. The smallest absolute Gasteiger partial charge is 0.337 e. The standard InChI is InChI=1S/C41H34ClN3O5S/c1-4-49-34-21-16-28(23-35(34)50-5-2)38-32(40(47)48-3)25-43-41-45(38)39(46)36(51-41)24-29-22-33(26-12-8-6-9-13-26)44(31-19-17-30(42)18-20-31)37(29)27-14-10-7-11-15-27/h6-25,38H,4-5H2,1-3H3/b36-24+/t38-/m0/s1. The van der Waals surface area contributed by atoms with E-state index in [-0.39, 0.29) is 11.1 Å². The largest absolute Gasteiger partial charge is 0.490 e. The highest BCUT2D eigenvalue weighted by Gasteiger charge is 2.32. The summed E-state index contributed by atoms with van der Waals surface area (Å²) >= 11 is 7.59. The topological polar surface area (TPSA) is 84.0 Å². The minimum Gasteiger partial charge on any atom is -0.490 e. The summed E-state index contributed by atoms with van der Waals surface area (Å²) in [6.45, 7) is 4.66. The highest BCUT2D eigenvalue weighted by atomic mass is 35.5. The number of carbonyl (C=O) groups excluding carboxylic acids is 1. The molecule has 6 aromatic rings. The highest BCUT2D eigenvalue weighted by Crippen LogP contribution is 2.38. The van der Waals surface area contributed by atoms with Crippen LogP contribution in [0.5, 0.6) is 11.5 Å². The Kier molecular flexibility index (Phi) is 9.74. The second-order valence-electron chi connectivity index (χ2n) is 11.6. The van der Waals surface area contributed by atoms with E-state index in [1.54, 1.807) is 10.6 Å².